The summed E-state index contributed by atoms with van der Waals surface area (Å²) < 4.78 is 3.23. The monoisotopic (exact) mass is 327 g/mol. The molecule has 3 nitrogen and oxygen atoms in total. The molecule has 5 heteroatoms. The minimum atomic E-state index is 0.847. The van der Waals surface area contributed by atoms with E-state index in [4.69, 9.17) is 0 Å². The molecule has 0 atom stereocenters. The van der Waals surface area contributed by atoms with Gasteiger partial charge in [-0.2, -0.15) is 5.10 Å². The van der Waals surface area contributed by atoms with Crippen molar-refractivity contribution in [3.63, 3.8) is 0 Å². The Balaban J connectivity index is 2.01. The second kappa shape index (κ2) is 6.50. The molecule has 0 aliphatic rings. The molecule has 0 aliphatic carbocycles. The normalized spacial score (nSPS) is 11.1. The predicted molar refractivity (Wildman–Crippen MR) is 79.8 cm³/mol. The first kappa shape index (κ1) is 13.8. The first-order chi connectivity index (χ1) is 8.76. The predicted octanol–water partition coefficient (Wildman–Crippen LogP) is 3.58. The number of thiophene rings is 1. The molecular formula is C13H18BrN3S. The lowest BCUT2D eigenvalue weighted by Gasteiger charge is -2.06. The quantitative estimate of drug-likeness (QED) is 0.878. The van der Waals surface area contributed by atoms with Crippen LogP contribution in [-0.4, -0.2) is 9.78 Å². The molecule has 18 heavy (non-hydrogen) atoms. The Morgan fingerprint density at radius 1 is 1.39 bits per heavy atom. The number of rotatable bonds is 6. The molecular weight excluding hydrogens is 310 g/mol. The van der Waals surface area contributed by atoms with Crippen molar-refractivity contribution >= 4 is 27.3 Å². The second-order valence-electron chi connectivity index (χ2n) is 4.06. The molecule has 0 saturated heterocycles. The highest BCUT2D eigenvalue weighted by molar-refractivity contribution is 9.10. The van der Waals surface area contributed by atoms with Gasteiger partial charge in [-0.3, -0.25) is 4.68 Å². The molecule has 98 valence electrons. The summed E-state index contributed by atoms with van der Waals surface area (Å²) in [6.07, 6.45) is 0.964. The summed E-state index contributed by atoms with van der Waals surface area (Å²) in [5.74, 6) is 0. The van der Waals surface area contributed by atoms with Crippen LogP contribution < -0.4 is 5.32 Å². The Hall–Kier alpha value is -0.650. The second-order valence-corrected chi connectivity index (χ2v) is 5.88. The van der Waals surface area contributed by atoms with Crippen molar-refractivity contribution < 1.29 is 0 Å². The van der Waals surface area contributed by atoms with Crippen LogP contribution in [0.2, 0.25) is 0 Å². The van der Waals surface area contributed by atoms with Gasteiger partial charge in [0.15, 0.2) is 0 Å². The third kappa shape index (κ3) is 3.02. The lowest BCUT2D eigenvalue weighted by molar-refractivity contribution is 0.578. The maximum Gasteiger partial charge on any atom is 0.0767 e. The van der Waals surface area contributed by atoms with Gasteiger partial charge >= 0.3 is 0 Å². The van der Waals surface area contributed by atoms with E-state index in [0.29, 0.717) is 0 Å². The van der Waals surface area contributed by atoms with Gasteiger partial charge in [-0.05, 0) is 40.7 Å². The Labute approximate surface area is 120 Å². The standard InChI is InChI=1S/C13H18BrN3S/c1-3-11-13(14)12(17(4-2)16-11)9-15-8-10-6-5-7-18-10/h5-7,15H,3-4,8-9H2,1-2H3. The molecule has 2 aromatic rings. The van der Waals surface area contributed by atoms with Crippen LogP contribution >= 0.6 is 27.3 Å². The third-order valence-electron chi connectivity index (χ3n) is 2.87. The number of hydrogen-bond donors (Lipinski definition) is 1. The lowest BCUT2D eigenvalue weighted by Crippen LogP contribution is -2.15. The van der Waals surface area contributed by atoms with Gasteiger partial charge in [0.2, 0.25) is 0 Å². The SMILES string of the molecule is CCc1nn(CC)c(CNCc2cccs2)c1Br. The Kier molecular flexibility index (Phi) is 4.97. The van der Waals surface area contributed by atoms with Gasteiger partial charge in [-0.15, -0.1) is 11.3 Å². The Bertz CT molecular complexity index is 491. The summed E-state index contributed by atoms with van der Waals surface area (Å²) in [5, 5.41) is 10.2. The molecule has 2 heterocycles. The number of nitrogens with one attached hydrogen (secondary N) is 1. The van der Waals surface area contributed by atoms with Crippen LogP contribution in [0.3, 0.4) is 0 Å². The van der Waals surface area contributed by atoms with Gasteiger partial charge in [-0.25, -0.2) is 0 Å². The maximum atomic E-state index is 4.59. The summed E-state index contributed by atoms with van der Waals surface area (Å²) in [6, 6.07) is 4.24. The topological polar surface area (TPSA) is 29.9 Å². The summed E-state index contributed by atoms with van der Waals surface area (Å²) in [5.41, 5.74) is 2.38. The molecule has 2 aromatic heterocycles. The molecule has 0 bridgehead atoms. The van der Waals surface area contributed by atoms with Gasteiger partial charge in [-0.1, -0.05) is 13.0 Å². The van der Waals surface area contributed by atoms with Crippen molar-refractivity contribution in [1.29, 1.82) is 0 Å². The van der Waals surface area contributed by atoms with Crippen molar-refractivity contribution in [2.24, 2.45) is 0 Å². The molecule has 0 amide bonds. The van der Waals surface area contributed by atoms with Crippen LogP contribution in [-0.2, 0) is 26.1 Å². The van der Waals surface area contributed by atoms with Crippen LogP contribution in [0, 0.1) is 0 Å². The van der Waals surface area contributed by atoms with Gasteiger partial charge < -0.3 is 5.32 Å². The zero-order valence-electron chi connectivity index (χ0n) is 10.7. The van der Waals surface area contributed by atoms with E-state index in [9.17, 15) is 0 Å². The Morgan fingerprint density at radius 3 is 2.83 bits per heavy atom. The first-order valence-electron chi connectivity index (χ1n) is 6.23. The molecule has 0 spiro atoms. The molecule has 0 aromatic carbocycles. The summed E-state index contributed by atoms with van der Waals surface area (Å²) >= 11 is 5.45. The van der Waals surface area contributed by atoms with Crippen LogP contribution in [0.25, 0.3) is 0 Å². The molecule has 0 unspecified atom stereocenters. The fraction of sp³-hybridized carbons (Fsp3) is 0.462. The average Bonchev–Trinajstić information content (AvgIpc) is 2.99. The van der Waals surface area contributed by atoms with Gasteiger partial charge in [0, 0.05) is 24.5 Å². The summed E-state index contributed by atoms with van der Waals surface area (Å²) in [6.45, 7) is 6.94. The highest BCUT2D eigenvalue weighted by Crippen LogP contribution is 2.22. The molecule has 0 fully saturated rings. The first-order valence-corrected chi connectivity index (χ1v) is 7.90. The van der Waals surface area contributed by atoms with Crippen molar-refractivity contribution in [3.05, 3.63) is 38.3 Å². The van der Waals surface area contributed by atoms with Crippen LogP contribution in [0.15, 0.2) is 22.0 Å². The van der Waals surface area contributed by atoms with Crippen molar-refractivity contribution in [2.75, 3.05) is 0 Å². The zero-order chi connectivity index (χ0) is 13.0. The van der Waals surface area contributed by atoms with Gasteiger partial charge in [0.1, 0.15) is 0 Å². The van der Waals surface area contributed by atoms with Crippen LogP contribution in [0.4, 0.5) is 0 Å². The maximum absolute atomic E-state index is 4.59. The molecule has 2 rings (SSSR count). The zero-order valence-corrected chi connectivity index (χ0v) is 13.1. The fourth-order valence-corrected chi connectivity index (χ4v) is 3.28. The van der Waals surface area contributed by atoms with E-state index in [0.717, 1.165) is 36.2 Å². The number of hydrogen-bond acceptors (Lipinski definition) is 3. The van der Waals surface area contributed by atoms with E-state index in [1.165, 1.54) is 10.6 Å². The largest absolute Gasteiger partial charge is 0.306 e. The molecule has 0 radical (unpaired) electrons. The highest BCUT2D eigenvalue weighted by atomic mass is 79.9. The average molecular weight is 328 g/mol. The summed E-state index contributed by atoms with van der Waals surface area (Å²) in [7, 11) is 0. The minimum Gasteiger partial charge on any atom is -0.306 e. The van der Waals surface area contributed by atoms with Gasteiger partial charge in [0.05, 0.1) is 15.9 Å². The number of nitrogens with zero attached hydrogens (tertiary/aromatic N) is 2. The van der Waals surface area contributed by atoms with Gasteiger partial charge in [0.25, 0.3) is 0 Å². The summed E-state index contributed by atoms with van der Waals surface area (Å²) in [4.78, 5) is 1.37. The number of halogens is 1. The van der Waals surface area contributed by atoms with Crippen LogP contribution in [0.1, 0.15) is 30.1 Å². The lowest BCUT2D eigenvalue weighted by atomic mass is 10.3. The molecule has 1 N–H and O–H groups in total. The van der Waals surface area contributed by atoms with E-state index < -0.39 is 0 Å². The smallest absolute Gasteiger partial charge is 0.0767 e. The van der Waals surface area contributed by atoms with E-state index in [-0.39, 0.29) is 0 Å². The van der Waals surface area contributed by atoms with E-state index >= 15 is 0 Å². The van der Waals surface area contributed by atoms with Crippen molar-refractivity contribution in [2.45, 2.75) is 39.9 Å². The van der Waals surface area contributed by atoms with Crippen molar-refractivity contribution in [1.82, 2.24) is 15.1 Å². The van der Waals surface area contributed by atoms with E-state index in [1.807, 2.05) is 0 Å². The van der Waals surface area contributed by atoms with E-state index in [2.05, 4.69) is 62.4 Å². The van der Waals surface area contributed by atoms with Crippen molar-refractivity contribution in [3.8, 4) is 0 Å². The number of aryl methyl sites for hydroxylation is 2. The van der Waals surface area contributed by atoms with Crippen LogP contribution in [0.5, 0.6) is 0 Å². The minimum absolute atomic E-state index is 0.847. The number of aromatic nitrogens is 2. The molecule has 0 aliphatic heterocycles. The fourth-order valence-electron chi connectivity index (χ4n) is 1.90. The molecule has 0 saturated carbocycles. The Morgan fingerprint density at radius 2 is 2.22 bits per heavy atom. The highest BCUT2D eigenvalue weighted by Gasteiger charge is 2.13. The van der Waals surface area contributed by atoms with E-state index in [1.54, 1.807) is 11.3 Å². The third-order valence-corrected chi connectivity index (χ3v) is 4.66.